The highest BCUT2D eigenvalue weighted by Crippen LogP contribution is 2.40. The van der Waals surface area contributed by atoms with Crippen molar-refractivity contribution in [3.8, 4) is 0 Å². The van der Waals surface area contributed by atoms with Crippen LogP contribution in [0.1, 0.15) is 36.3 Å². The molecule has 3 heteroatoms. The largest absolute Gasteiger partial charge is 0.481 e. The molecule has 3 nitrogen and oxygen atoms in total. The minimum Gasteiger partial charge on any atom is -0.481 e. The fourth-order valence-corrected chi connectivity index (χ4v) is 2.49. The lowest BCUT2D eigenvalue weighted by Gasteiger charge is -2.17. The molecule has 0 aliphatic heterocycles. The number of nitrogens with zero attached hydrogens (tertiary/aromatic N) is 1. The predicted octanol–water partition coefficient (Wildman–Crippen LogP) is 2.36. The zero-order valence-electron chi connectivity index (χ0n) is 8.81. The lowest BCUT2D eigenvalue weighted by Crippen LogP contribution is -2.17. The number of carboxylic acid groups (broad SMARTS) is 1. The highest BCUT2D eigenvalue weighted by atomic mass is 16.4. The maximum absolute atomic E-state index is 11.1. The van der Waals surface area contributed by atoms with Crippen LogP contribution >= 0.6 is 0 Å². The third kappa shape index (κ3) is 1.87. The lowest BCUT2D eigenvalue weighted by atomic mass is 9.88. The van der Waals surface area contributed by atoms with E-state index in [1.54, 1.807) is 6.20 Å². The van der Waals surface area contributed by atoms with E-state index in [1.165, 1.54) is 0 Å². The van der Waals surface area contributed by atoms with Gasteiger partial charge < -0.3 is 5.11 Å². The van der Waals surface area contributed by atoms with Crippen LogP contribution in [0.25, 0.3) is 0 Å². The summed E-state index contributed by atoms with van der Waals surface area (Å²) in [7, 11) is 0. The molecule has 1 heterocycles. The number of carbonyl (C=O) groups is 1. The zero-order chi connectivity index (χ0) is 10.8. The van der Waals surface area contributed by atoms with Gasteiger partial charge in [-0.3, -0.25) is 9.78 Å². The number of aliphatic carboxylic acids is 1. The Morgan fingerprint density at radius 1 is 1.53 bits per heavy atom. The molecule has 1 saturated carbocycles. The van der Waals surface area contributed by atoms with E-state index in [0.717, 1.165) is 30.4 Å². The number of hydrogen-bond donors (Lipinski definition) is 1. The van der Waals surface area contributed by atoms with Crippen LogP contribution in [-0.2, 0) is 4.79 Å². The maximum Gasteiger partial charge on any atom is 0.307 e. The van der Waals surface area contributed by atoms with E-state index < -0.39 is 5.97 Å². The van der Waals surface area contributed by atoms with Crippen molar-refractivity contribution in [2.24, 2.45) is 5.92 Å². The molecule has 1 aromatic rings. The summed E-state index contributed by atoms with van der Waals surface area (Å²) in [6.45, 7) is 2.02. The quantitative estimate of drug-likeness (QED) is 0.806. The number of pyridine rings is 1. The van der Waals surface area contributed by atoms with Gasteiger partial charge in [-0.2, -0.15) is 0 Å². The summed E-state index contributed by atoms with van der Waals surface area (Å²) in [5.41, 5.74) is 2.27. The van der Waals surface area contributed by atoms with Crippen LogP contribution in [-0.4, -0.2) is 16.1 Å². The van der Waals surface area contributed by atoms with Crippen molar-refractivity contribution in [3.05, 3.63) is 29.6 Å². The van der Waals surface area contributed by atoms with Gasteiger partial charge in [0.2, 0.25) is 0 Å². The zero-order valence-corrected chi connectivity index (χ0v) is 8.81. The molecule has 0 amide bonds. The summed E-state index contributed by atoms with van der Waals surface area (Å²) in [4.78, 5) is 15.2. The van der Waals surface area contributed by atoms with Crippen LogP contribution in [0.3, 0.4) is 0 Å². The summed E-state index contributed by atoms with van der Waals surface area (Å²) in [5.74, 6) is -0.718. The molecular weight excluding hydrogens is 190 g/mol. The van der Waals surface area contributed by atoms with Crippen molar-refractivity contribution in [3.63, 3.8) is 0 Å². The number of carboxylic acids is 1. The summed E-state index contributed by atoms with van der Waals surface area (Å²) in [6, 6.07) is 1.95. The number of hydrogen-bond acceptors (Lipinski definition) is 2. The Morgan fingerprint density at radius 3 is 3.00 bits per heavy atom. The SMILES string of the molecule is Cc1ccncc1C1CCCC1C(=O)O. The second-order valence-electron chi connectivity index (χ2n) is 4.21. The molecular formula is C12H15NO2. The molecule has 1 aliphatic carbocycles. The van der Waals surface area contributed by atoms with E-state index in [4.69, 9.17) is 5.11 Å². The Labute approximate surface area is 89.2 Å². The van der Waals surface area contributed by atoms with Crippen molar-refractivity contribution in [2.75, 3.05) is 0 Å². The molecule has 0 aromatic carbocycles. The van der Waals surface area contributed by atoms with E-state index in [1.807, 2.05) is 19.2 Å². The molecule has 15 heavy (non-hydrogen) atoms. The Balaban J connectivity index is 2.30. The molecule has 1 fully saturated rings. The minimum absolute atomic E-state index is 0.163. The Hall–Kier alpha value is -1.38. The normalized spacial score (nSPS) is 25.4. The van der Waals surface area contributed by atoms with Crippen molar-refractivity contribution in [1.29, 1.82) is 0 Å². The average Bonchev–Trinajstić information content (AvgIpc) is 2.67. The monoisotopic (exact) mass is 205 g/mol. The highest BCUT2D eigenvalue weighted by molar-refractivity contribution is 5.72. The van der Waals surface area contributed by atoms with Gasteiger partial charge in [-0.15, -0.1) is 0 Å². The minimum atomic E-state index is -0.666. The Morgan fingerprint density at radius 2 is 2.33 bits per heavy atom. The molecule has 0 bridgehead atoms. The first-order chi connectivity index (χ1) is 7.20. The Bertz CT molecular complexity index is 376. The van der Waals surface area contributed by atoms with Crippen molar-refractivity contribution < 1.29 is 9.90 Å². The van der Waals surface area contributed by atoms with Crippen LogP contribution < -0.4 is 0 Å². The van der Waals surface area contributed by atoms with Crippen molar-refractivity contribution in [1.82, 2.24) is 4.98 Å². The summed E-state index contributed by atoms with van der Waals surface area (Å²) >= 11 is 0. The molecule has 80 valence electrons. The van der Waals surface area contributed by atoms with E-state index in [0.29, 0.717) is 0 Å². The third-order valence-corrected chi connectivity index (χ3v) is 3.31. The van der Waals surface area contributed by atoms with Gasteiger partial charge in [-0.05, 0) is 42.9 Å². The first-order valence-electron chi connectivity index (χ1n) is 5.33. The standard InChI is InChI=1S/C12H15NO2/c1-8-5-6-13-7-11(8)9-3-2-4-10(9)12(14)15/h5-7,9-10H,2-4H2,1H3,(H,14,15). The van der Waals surface area contributed by atoms with E-state index in [9.17, 15) is 4.79 Å². The molecule has 2 unspecified atom stereocenters. The van der Waals surface area contributed by atoms with Crippen LogP contribution in [0, 0.1) is 12.8 Å². The number of rotatable bonds is 2. The van der Waals surface area contributed by atoms with Crippen LogP contribution in [0.2, 0.25) is 0 Å². The molecule has 0 radical (unpaired) electrons. The van der Waals surface area contributed by atoms with Gasteiger partial charge in [0.15, 0.2) is 0 Å². The molecule has 1 aromatic heterocycles. The lowest BCUT2D eigenvalue weighted by molar-refractivity contribution is -0.142. The summed E-state index contributed by atoms with van der Waals surface area (Å²) in [5, 5.41) is 9.12. The third-order valence-electron chi connectivity index (χ3n) is 3.31. The van der Waals surface area contributed by atoms with Gasteiger partial charge in [-0.25, -0.2) is 0 Å². The highest BCUT2D eigenvalue weighted by Gasteiger charge is 2.34. The van der Waals surface area contributed by atoms with Crippen LogP contribution in [0.4, 0.5) is 0 Å². The van der Waals surface area contributed by atoms with Gasteiger partial charge in [0, 0.05) is 12.4 Å². The van der Waals surface area contributed by atoms with E-state index in [-0.39, 0.29) is 11.8 Å². The fraction of sp³-hybridized carbons (Fsp3) is 0.500. The molecule has 2 rings (SSSR count). The van der Waals surface area contributed by atoms with Gasteiger partial charge in [0.25, 0.3) is 0 Å². The van der Waals surface area contributed by atoms with Crippen molar-refractivity contribution >= 4 is 5.97 Å². The van der Waals surface area contributed by atoms with Crippen molar-refractivity contribution in [2.45, 2.75) is 32.1 Å². The van der Waals surface area contributed by atoms with E-state index >= 15 is 0 Å². The smallest absolute Gasteiger partial charge is 0.307 e. The fourth-order valence-electron chi connectivity index (χ4n) is 2.49. The number of aromatic nitrogens is 1. The maximum atomic E-state index is 11.1. The van der Waals surface area contributed by atoms with Crippen LogP contribution in [0.5, 0.6) is 0 Å². The van der Waals surface area contributed by atoms with Gasteiger partial charge in [0.1, 0.15) is 0 Å². The van der Waals surface area contributed by atoms with Gasteiger partial charge in [-0.1, -0.05) is 6.42 Å². The Kier molecular flexibility index (Phi) is 2.71. The molecule has 2 atom stereocenters. The molecule has 1 aliphatic rings. The van der Waals surface area contributed by atoms with E-state index in [2.05, 4.69) is 4.98 Å². The molecule has 0 saturated heterocycles. The van der Waals surface area contributed by atoms with Crippen LogP contribution in [0.15, 0.2) is 18.5 Å². The molecule has 0 spiro atoms. The predicted molar refractivity (Wildman–Crippen MR) is 56.7 cm³/mol. The summed E-state index contributed by atoms with van der Waals surface area (Å²) < 4.78 is 0. The first-order valence-corrected chi connectivity index (χ1v) is 5.33. The summed E-state index contributed by atoms with van der Waals surface area (Å²) in [6.07, 6.45) is 6.36. The molecule has 1 N–H and O–H groups in total. The van der Waals surface area contributed by atoms with Gasteiger partial charge in [0.05, 0.1) is 5.92 Å². The van der Waals surface area contributed by atoms with Gasteiger partial charge >= 0.3 is 5.97 Å². The topological polar surface area (TPSA) is 50.2 Å². The second-order valence-corrected chi connectivity index (χ2v) is 4.21. The second kappa shape index (κ2) is 4.01. The first kappa shape index (κ1) is 10.1. The average molecular weight is 205 g/mol. The number of aryl methyl sites for hydroxylation is 1.